The van der Waals surface area contributed by atoms with Crippen LogP contribution < -0.4 is 5.32 Å². The van der Waals surface area contributed by atoms with Gasteiger partial charge in [-0.15, -0.1) is 0 Å². The Kier molecular flexibility index (Phi) is 4.39. The van der Waals surface area contributed by atoms with Gasteiger partial charge in [-0.2, -0.15) is 0 Å². The number of benzene rings is 1. The molecule has 1 aliphatic heterocycles. The summed E-state index contributed by atoms with van der Waals surface area (Å²) in [5.41, 5.74) is 0.898. The third-order valence-corrected chi connectivity index (χ3v) is 3.92. The van der Waals surface area contributed by atoms with Crippen LogP contribution >= 0.6 is 22.6 Å². The minimum atomic E-state index is 0.166. The summed E-state index contributed by atoms with van der Waals surface area (Å²) in [5.74, 6) is 0.338. The first-order valence-electron chi connectivity index (χ1n) is 5.90. The quantitative estimate of drug-likeness (QED) is 0.837. The highest BCUT2D eigenvalue weighted by atomic mass is 127. The summed E-state index contributed by atoms with van der Waals surface area (Å²) >= 11 is 2.26. The minimum Gasteiger partial charge on any atom is -0.326 e. The van der Waals surface area contributed by atoms with Crippen LogP contribution in [-0.4, -0.2) is 30.9 Å². The Morgan fingerprint density at radius 3 is 2.47 bits per heavy atom. The van der Waals surface area contributed by atoms with Gasteiger partial charge >= 0.3 is 0 Å². The van der Waals surface area contributed by atoms with Crippen molar-refractivity contribution in [1.29, 1.82) is 0 Å². The topological polar surface area (TPSA) is 32.3 Å². The van der Waals surface area contributed by atoms with Crippen molar-refractivity contribution in [2.45, 2.75) is 12.8 Å². The van der Waals surface area contributed by atoms with E-state index in [9.17, 15) is 4.79 Å². The normalized spacial score (nSPS) is 18.0. The van der Waals surface area contributed by atoms with Gasteiger partial charge in [-0.25, -0.2) is 0 Å². The van der Waals surface area contributed by atoms with Gasteiger partial charge in [0, 0.05) is 15.2 Å². The predicted molar refractivity (Wildman–Crippen MR) is 78.0 cm³/mol. The van der Waals surface area contributed by atoms with Crippen molar-refractivity contribution >= 4 is 34.2 Å². The van der Waals surface area contributed by atoms with Gasteiger partial charge in [0.25, 0.3) is 0 Å². The maximum absolute atomic E-state index is 12.0. The molecular formula is C13H17IN2O. The van der Waals surface area contributed by atoms with Crippen molar-refractivity contribution in [2.24, 2.45) is 5.92 Å². The van der Waals surface area contributed by atoms with Crippen LogP contribution in [0.5, 0.6) is 0 Å². The number of carbonyl (C=O) groups excluding carboxylic acids is 1. The summed E-state index contributed by atoms with van der Waals surface area (Å²) in [4.78, 5) is 14.3. The molecule has 92 valence electrons. The van der Waals surface area contributed by atoms with E-state index in [1.165, 1.54) is 3.57 Å². The number of likely N-dealkylation sites (tertiary alicyclic amines) is 1. The van der Waals surface area contributed by atoms with Crippen molar-refractivity contribution < 1.29 is 4.79 Å². The predicted octanol–water partition coefficient (Wildman–Crippen LogP) is 2.57. The Morgan fingerprint density at radius 2 is 1.88 bits per heavy atom. The van der Waals surface area contributed by atoms with Gasteiger partial charge in [0.15, 0.2) is 0 Å². The zero-order valence-corrected chi connectivity index (χ0v) is 12.1. The lowest BCUT2D eigenvalue weighted by atomic mass is 9.96. The molecule has 3 nitrogen and oxygen atoms in total. The standard InChI is InChI=1S/C13H17IN2O/c1-16-8-6-10(7-9-16)13(17)15-12-4-2-11(14)3-5-12/h2-5,10H,6-9H2,1H3,(H,15,17). The average molecular weight is 344 g/mol. The van der Waals surface area contributed by atoms with Crippen LogP contribution in [0.25, 0.3) is 0 Å². The molecule has 0 spiro atoms. The largest absolute Gasteiger partial charge is 0.326 e. The van der Waals surface area contributed by atoms with Gasteiger partial charge in [-0.05, 0) is 79.8 Å². The lowest BCUT2D eigenvalue weighted by molar-refractivity contribution is -0.121. The van der Waals surface area contributed by atoms with Crippen LogP contribution in [0, 0.1) is 9.49 Å². The average Bonchev–Trinajstić information content (AvgIpc) is 2.33. The number of rotatable bonds is 2. The Balaban J connectivity index is 1.90. The zero-order valence-electron chi connectivity index (χ0n) is 9.95. The van der Waals surface area contributed by atoms with Crippen LogP contribution in [0.2, 0.25) is 0 Å². The highest BCUT2D eigenvalue weighted by Gasteiger charge is 2.23. The van der Waals surface area contributed by atoms with Gasteiger partial charge in [0.1, 0.15) is 0 Å². The lowest BCUT2D eigenvalue weighted by Crippen LogP contribution is -2.35. The first kappa shape index (κ1) is 12.8. The number of amides is 1. The molecule has 17 heavy (non-hydrogen) atoms. The smallest absolute Gasteiger partial charge is 0.227 e. The highest BCUT2D eigenvalue weighted by Crippen LogP contribution is 2.19. The number of nitrogens with one attached hydrogen (secondary N) is 1. The molecular weight excluding hydrogens is 327 g/mol. The lowest BCUT2D eigenvalue weighted by Gasteiger charge is -2.28. The number of halogens is 1. The van der Waals surface area contributed by atoms with Gasteiger partial charge < -0.3 is 10.2 Å². The molecule has 0 atom stereocenters. The first-order chi connectivity index (χ1) is 8.15. The summed E-state index contributed by atoms with van der Waals surface area (Å²) in [5, 5.41) is 2.99. The van der Waals surface area contributed by atoms with E-state index in [0.29, 0.717) is 0 Å². The molecule has 0 radical (unpaired) electrons. The van der Waals surface area contributed by atoms with Gasteiger partial charge in [-0.3, -0.25) is 4.79 Å². The Labute approximate surface area is 116 Å². The second kappa shape index (κ2) is 5.82. The van der Waals surface area contributed by atoms with E-state index in [4.69, 9.17) is 0 Å². The second-order valence-corrected chi connectivity index (χ2v) is 5.82. The molecule has 1 heterocycles. The number of anilines is 1. The van der Waals surface area contributed by atoms with E-state index in [1.54, 1.807) is 0 Å². The second-order valence-electron chi connectivity index (χ2n) is 4.57. The summed E-state index contributed by atoms with van der Waals surface area (Å²) in [7, 11) is 2.10. The fourth-order valence-corrected chi connectivity index (χ4v) is 2.41. The maximum Gasteiger partial charge on any atom is 0.227 e. The Hall–Kier alpha value is -0.620. The monoisotopic (exact) mass is 344 g/mol. The summed E-state index contributed by atoms with van der Waals surface area (Å²) in [6.45, 7) is 2.04. The molecule has 0 aromatic heterocycles. The van der Waals surface area contributed by atoms with Crippen LogP contribution in [-0.2, 0) is 4.79 Å². The fourth-order valence-electron chi connectivity index (χ4n) is 2.05. The molecule has 1 aliphatic rings. The van der Waals surface area contributed by atoms with E-state index < -0.39 is 0 Å². The molecule has 0 unspecified atom stereocenters. The molecule has 2 rings (SSSR count). The molecule has 1 N–H and O–H groups in total. The van der Waals surface area contributed by atoms with Gasteiger partial charge in [-0.1, -0.05) is 0 Å². The third kappa shape index (κ3) is 3.67. The molecule has 1 aromatic rings. The molecule has 0 saturated carbocycles. The number of hydrogen-bond acceptors (Lipinski definition) is 2. The van der Waals surface area contributed by atoms with E-state index in [-0.39, 0.29) is 11.8 Å². The van der Waals surface area contributed by atoms with Crippen LogP contribution in [0.1, 0.15) is 12.8 Å². The number of carbonyl (C=O) groups is 1. The first-order valence-corrected chi connectivity index (χ1v) is 6.98. The van der Waals surface area contributed by atoms with Crippen LogP contribution in [0.4, 0.5) is 5.69 Å². The van der Waals surface area contributed by atoms with Gasteiger partial charge in [0.05, 0.1) is 0 Å². The van der Waals surface area contributed by atoms with Gasteiger partial charge in [0.2, 0.25) is 5.91 Å². The number of piperidine rings is 1. The molecule has 1 saturated heterocycles. The minimum absolute atomic E-state index is 0.166. The summed E-state index contributed by atoms with van der Waals surface area (Å²) in [6.07, 6.45) is 1.93. The molecule has 0 bridgehead atoms. The van der Waals surface area contributed by atoms with E-state index in [2.05, 4.69) is 39.9 Å². The number of hydrogen-bond donors (Lipinski definition) is 1. The van der Waals surface area contributed by atoms with Crippen molar-refractivity contribution in [3.8, 4) is 0 Å². The van der Waals surface area contributed by atoms with Crippen molar-refractivity contribution in [3.63, 3.8) is 0 Å². The SMILES string of the molecule is CN1CCC(C(=O)Nc2ccc(I)cc2)CC1. The van der Waals surface area contributed by atoms with Crippen molar-refractivity contribution in [2.75, 3.05) is 25.5 Å². The van der Waals surface area contributed by atoms with Crippen molar-refractivity contribution in [3.05, 3.63) is 27.8 Å². The third-order valence-electron chi connectivity index (χ3n) is 3.20. The van der Waals surface area contributed by atoms with E-state index in [0.717, 1.165) is 31.6 Å². The van der Waals surface area contributed by atoms with Crippen molar-refractivity contribution in [1.82, 2.24) is 4.90 Å². The summed E-state index contributed by atoms with van der Waals surface area (Å²) in [6, 6.07) is 7.92. The number of nitrogens with zero attached hydrogens (tertiary/aromatic N) is 1. The maximum atomic E-state index is 12.0. The summed E-state index contributed by atoms with van der Waals surface area (Å²) < 4.78 is 1.18. The Morgan fingerprint density at radius 1 is 1.29 bits per heavy atom. The molecule has 4 heteroatoms. The van der Waals surface area contributed by atoms with Crippen LogP contribution in [0.3, 0.4) is 0 Å². The molecule has 1 amide bonds. The molecule has 1 aromatic carbocycles. The Bertz CT molecular complexity index is 383. The van der Waals surface area contributed by atoms with E-state index in [1.807, 2.05) is 24.3 Å². The van der Waals surface area contributed by atoms with E-state index >= 15 is 0 Å². The molecule has 0 aliphatic carbocycles. The zero-order chi connectivity index (χ0) is 12.3. The molecule has 1 fully saturated rings. The highest BCUT2D eigenvalue weighted by molar-refractivity contribution is 14.1. The van der Waals surface area contributed by atoms with Crippen LogP contribution in [0.15, 0.2) is 24.3 Å². The fraction of sp³-hybridized carbons (Fsp3) is 0.462.